The number of oxazole rings is 1. The molecule has 134 valence electrons. The molecule has 0 aliphatic carbocycles. The summed E-state index contributed by atoms with van der Waals surface area (Å²) < 4.78 is 10.9. The van der Waals surface area contributed by atoms with Crippen LogP contribution in [0.1, 0.15) is 10.4 Å². The van der Waals surface area contributed by atoms with Crippen LogP contribution in [-0.4, -0.2) is 18.0 Å². The molecular formula is C21H15ClN2O3. The highest BCUT2D eigenvalue weighted by Gasteiger charge is 2.14. The Balaban J connectivity index is 1.64. The molecule has 1 aromatic heterocycles. The lowest BCUT2D eigenvalue weighted by Gasteiger charge is -2.08. The Hall–Kier alpha value is -3.31. The highest BCUT2D eigenvalue weighted by Crippen LogP contribution is 2.32. The van der Waals surface area contributed by atoms with Gasteiger partial charge in [0.05, 0.1) is 17.7 Å². The fraction of sp³-hybridized carbons (Fsp3) is 0.0476. The first-order valence-electron chi connectivity index (χ1n) is 8.25. The zero-order valence-corrected chi connectivity index (χ0v) is 15.2. The molecule has 4 rings (SSSR count). The van der Waals surface area contributed by atoms with Gasteiger partial charge in [0.15, 0.2) is 5.58 Å². The smallest absolute Gasteiger partial charge is 0.255 e. The van der Waals surface area contributed by atoms with Gasteiger partial charge in [0.25, 0.3) is 5.91 Å². The van der Waals surface area contributed by atoms with Crippen molar-refractivity contribution in [3.05, 3.63) is 77.3 Å². The molecule has 27 heavy (non-hydrogen) atoms. The van der Waals surface area contributed by atoms with Crippen molar-refractivity contribution in [3.8, 4) is 17.2 Å². The van der Waals surface area contributed by atoms with Gasteiger partial charge < -0.3 is 14.5 Å². The highest BCUT2D eigenvalue weighted by molar-refractivity contribution is 6.33. The SMILES string of the molecule is COc1cccc(C(=O)Nc2ccc(Cl)c(-c3nc4ccccc4o3)c2)c1. The van der Waals surface area contributed by atoms with Crippen LogP contribution < -0.4 is 10.1 Å². The Kier molecular flexibility index (Phi) is 4.52. The summed E-state index contributed by atoms with van der Waals surface area (Å²) in [5, 5.41) is 3.35. The maximum atomic E-state index is 12.5. The lowest BCUT2D eigenvalue weighted by molar-refractivity contribution is 0.102. The summed E-state index contributed by atoms with van der Waals surface area (Å²) in [7, 11) is 1.56. The minimum absolute atomic E-state index is 0.250. The first-order valence-corrected chi connectivity index (χ1v) is 8.63. The molecule has 0 bridgehead atoms. The number of amides is 1. The van der Waals surface area contributed by atoms with E-state index in [1.807, 2.05) is 24.3 Å². The molecule has 5 nitrogen and oxygen atoms in total. The van der Waals surface area contributed by atoms with Crippen LogP contribution in [-0.2, 0) is 0 Å². The van der Waals surface area contributed by atoms with E-state index in [1.165, 1.54) is 0 Å². The summed E-state index contributed by atoms with van der Waals surface area (Å²) in [5.41, 5.74) is 3.11. The third-order valence-electron chi connectivity index (χ3n) is 4.08. The van der Waals surface area contributed by atoms with E-state index >= 15 is 0 Å². The summed E-state index contributed by atoms with van der Waals surface area (Å²) in [4.78, 5) is 17.0. The molecule has 0 saturated carbocycles. The number of hydrogen-bond acceptors (Lipinski definition) is 4. The monoisotopic (exact) mass is 378 g/mol. The Morgan fingerprint density at radius 1 is 1.07 bits per heavy atom. The van der Waals surface area contributed by atoms with E-state index in [2.05, 4.69) is 10.3 Å². The van der Waals surface area contributed by atoms with Crippen LogP contribution in [0.4, 0.5) is 5.69 Å². The molecule has 1 heterocycles. The van der Waals surface area contributed by atoms with Gasteiger partial charge in [0.2, 0.25) is 5.89 Å². The number of hydrogen-bond donors (Lipinski definition) is 1. The molecule has 3 aromatic carbocycles. The second-order valence-corrected chi connectivity index (χ2v) is 6.27. The number of carbonyl (C=O) groups is 1. The van der Waals surface area contributed by atoms with Crippen molar-refractivity contribution in [1.29, 1.82) is 0 Å². The molecule has 0 unspecified atom stereocenters. The van der Waals surface area contributed by atoms with Gasteiger partial charge in [-0.15, -0.1) is 0 Å². The minimum atomic E-state index is -0.250. The third-order valence-corrected chi connectivity index (χ3v) is 4.41. The summed E-state index contributed by atoms with van der Waals surface area (Å²) in [6.45, 7) is 0. The molecule has 1 amide bonds. The van der Waals surface area contributed by atoms with Gasteiger partial charge in [-0.3, -0.25) is 4.79 Å². The van der Waals surface area contributed by atoms with E-state index in [1.54, 1.807) is 49.6 Å². The summed E-state index contributed by atoms with van der Waals surface area (Å²) >= 11 is 6.32. The minimum Gasteiger partial charge on any atom is -0.497 e. The average Bonchev–Trinajstić information content (AvgIpc) is 3.13. The second-order valence-electron chi connectivity index (χ2n) is 5.87. The Morgan fingerprint density at radius 3 is 2.74 bits per heavy atom. The predicted molar refractivity (Wildman–Crippen MR) is 105 cm³/mol. The van der Waals surface area contributed by atoms with Crippen molar-refractivity contribution >= 4 is 34.3 Å². The molecule has 0 saturated heterocycles. The van der Waals surface area contributed by atoms with Gasteiger partial charge in [0, 0.05) is 11.3 Å². The summed E-state index contributed by atoms with van der Waals surface area (Å²) in [6, 6.07) is 19.6. The standard InChI is InChI=1S/C21H15ClN2O3/c1-26-15-6-4-5-13(11-15)20(25)23-14-9-10-17(22)16(12-14)21-24-18-7-2-3-8-19(18)27-21/h2-12H,1H3,(H,23,25). The number of benzene rings is 3. The molecule has 0 radical (unpaired) electrons. The molecule has 0 fully saturated rings. The molecule has 1 N–H and O–H groups in total. The van der Waals surface area contributed by atoms with Crippen molar-refractivity contribution < 1.29 is 13.9 Å². The average molecular weight is 379 g/mol. The number of ether oxygens (including phenoxy) is 1. The van der Waals surface area contributed by atoms with Crippen molar-refractivity contribution in [2.24, 2.45) is 0 Å². The topological polar surface area (TPSA) is 64.4 Å². The van der Waals surface area contributed by atoms with Gasteiger partial charge in [-0.25, -0.2) is 4.98 Å². The Bertz CT molecular complexity index is 1100. The number of fused-ring (bicyclic) bond motifs is 1. The van der Waals surface area contributed by atoms with Crippen LogP contribution in [0, 0.1) is 0 Å². The van der Waals surface area contributed by atoms with Gasteiger partial charge in [-0.1, -0.05) is 29.8 Å². The van der Waals surface area contributed by atoms with E-state index < -0.39 is 0 Å². The van der Waals surface area contributed by atoms with Gasteiger partial charge in [0.1, 0.15) is 11.3 Å². The van der Waals surface area contributed by atoms with Gasteiger partial charge in [-0.2, -0.15) is 0 Å². The number of rotatable bonds is 4. The molecule has 0 aliphatic heterocycles. The fourth-order valence-corrected chi connectivity index (χ4v) is 2.92. The van der Waals surface area contributed by atoms with E-state index in [-0.39, 0.29) is 5.91 Å². The van der Waals surface area contributed by atoms with E-state index in [0.717, 1.165) is 5.52 Å². The predicted octanol–water partition coefficient (Wildman–Crippen LogP) is 5.41. The van der Waals surface area contributed by atoms with Crippen molar-refractivity contribution in [2.45, 2.75) is 0 Å². The second kappa shape index (κ2) is 7.13. The number of nitrogens with one attached hydrogen (secondary N) is 1. The molecule has 6 heteroatoms. The van der Waals surface area contributed by atoms with Gasteiger partial charge >= 0.3 is 0 Å². The number of anilines is 1. The number of nitrogens with zero attached hydrogens (tertiary/aromatic N) is 1. The summed E-state index contributed by atoms with van der Waals surface area (Å²) in [5.74, 6) is 0.768. The lowest BCUT2D eigenvalue weighted by atomic mass is 10.1. The third kappa shape index (κ3) is 3.50. The van der Waals surface area contributed by atoms with Crippen LogP contribution in [0.15, 0.2) is 71.1 Å². The lowest BCUT2D eigenvalue weighted by Crippen LogP contribution is -2.11. The van der Waals surface area contributed by atoms with E-state index in [4.69, 9.17) is 20.8 Å². The molecule has 0 atom stereocenters. The van der Waals surface area contributed by atoms with E-state index in [0.29, 0.717) is 39.1 Å². The maximum Gasteiger partial charge on any atom is 0.255 e. The largest absolute Gasteiger partial charge is 0.497 e. The number of aromatic nitrogens is 1. The molecular weight excluding hydrogens is 364 g/mol. The van der Waals surface area contributed by atoms with Crippen LogP contribution in [0.2, 0.25) is 5.02 Å². The Labute approximate surface area is 160 Å². The first-order chi connectivity index (χ1) is 13.1. The summed E-state index contributed by atoms with van der Waals surface area (Å²) in [6.07, 6.45) is 0. The van der Waals surface area contributed by atoms with Crippen LogP contribution in [0.5, 0.6) is 5.75 Å². The number of para-hydroxylation sites is 2. The first kappa shape index (κ1) is 17.1. The van der Waals surface area contributed by atoms with E-state index in [9.17, 15) is 4.79 Å². The fourth-order valence-electron chi connectivity index (χ4n) is 2.72. The Morgan fingerprint density at radius 2 is 1.93 bits per heavy atom. The number of carbonyl (C=O) groups excluding carboxylic acids is 1. The van der Waals surface area contributed by atoms with Crippen molar-refractivity contribution in [1.82, 2.24) is 4.98 Å². The quantitative estimate of drug-likeness (QED) is 0.515. The number of halogens is 1. The van der Waals surface area contributed by atoms with Crippen molar-refractivity contribution in [3.63, 3.8) is 0 Å². The molecule has 0 aliphatic rings. The van der Waals surface area contributed by atoms with Crippen LogP contribution in [0.3, 0.4) is 0 Å². The molecule has 4 aromatic rings. The van der Waals surface area contributed by atoms with Crippen LogP contribution >= 0.6 is 11.6 Å². The highest BCUT2D eigenvalue weighted by atomic mass is 35.5. The van der Waals surface area contributed by atoms with Crippen LogP contribution in [0.25, 0.3) is 22.6 Å². The zero-order chi connectivity index (χ0) is 18.8. The van der Waals surface area contributed by atoms with Crippen molar-refractivity contribution in [2.75, 3.05) is 12.4 Å². The maximum absolute atomic E-state index is 12.5. The zero-order valence-electron chi connectivity index (χ0n) is 14.4. The normalized spacial score (nSPS) is 10.7. The number of methoxy groups -OCH3 is 1. The molecule has 0 spiro atoms. The van der Waals surface area contributed by atoms with Gasteiger partial charge in [-0.05, 0) is 48.5 Å².